The highest BCUT2D eigenvalue weighted by atomic mass is 16.2. The summed E-state index contributed by atoms with van der Waals surface area (Å²) in [5.41, 5.74) is 0. The largest absolute Gasteiger partial charge is 0.339 e. The molecule has 1 heterocycles. The fourth-order valence-electron chi connectivity index (χ4n) is 1.85. The molecule has 0 bridgehead atoms. The second-order valence-corrected chi connectivity index (χ2v) is 4.59. The predicted molar refractivity (Wildman–Crippen MR) is 58.1 cm³/mol. The number of rotatable bonds is 2. The highest BCUT2D eigenvalue weighted by molar-refractivity contribution is 5.76. The summed E-state index contributed by atoms with van der Waals surface area (Å²) in [6.07, 6.45) is 1.76. The summed E-state index contributed by atoms with van der Waals surface area (Å²) in [4.78, 5) is 13.9. The lowest BCUT2D eigenvalue weighted by atomic mass is 10.1. The molecular formula is C11H22N2O. The fourth-order valence-corrected chi connectivity index (χ4v) is 1.85. The van der Waals surface area contributed by atoms with Gasteiger partial charge < -0.3 is 10.2 Å². The Hall–Kier alpha value is -0.570. The third kappa shape index (κ3) is 3.29. The molecule has 1 fully saturated rings. The molecule has 1 unspecified atom stereocenters. The van der Waals surface area contributed by atoms with Gasteiger partial charge >= 0.3 is 0 Å². The number of hydrogen-bond donors (Lipinski definition) is 1. The van der Waals surface area contributed by atoms with E-state index in [-0.39, 0.29) is 0 Å². The minimum atomic E-state index is 0.316. The number of carbonyl (C=O) groups is 1. The van der Waals surface area contributed by atoms with Gasteiger partial charge in [-0.2, -0.15) is 0 Å². The monoisotopic (exact) mass is 198 g/mol. The average Bonchev–Trinajstić information content (AvgIpc) is 2.28. The molecule has 1 aliphatic rings. The molecule has 82 valence electrons. The van der Waals surface area contributed by atoms with E-state index in [1.54, 1.807) is 0 Å². The standard InChI is InChI=1S/C11H22N2O/c1-9(2)7-11(14)13-6-4-5-12-8-10(13)3/h9-10,12H,4-8H2,1-3H3. The molecule has 14 heavy (non-hydrogen) atoms. The first-order valence-corrected chi connectivity index (χ1v) is 5.61. The molecule has 0 aromatic heterocycles. The van der Waals surface area contributed by atoms with Gasteiger partial charge in [-0.1, -0.05) is 13.8 Å². The molecule has 0 aromatic carbocycles. The molecule has 1 N–H and O–H groups in total. The zero-order valence-electron chi connectivity index (χ0n) is 9.55. The van der Waals surface area contributed by atoms with Gasteiger partial charge in [0.25, 0.3) is 0 Å². The molecule has 1 amide bonds. The Labute approximate surface area is 86.9 Å². The van der Waals surface area contributed by atoms with Crippen LogP contribution in [0.3, 0.4) is 0 Å². The van der Waals surface area contributed by atoms with Crippen LogP contribution in [0.1, 0.15) is 33.6 Å². The van der Waals surface area contributed by atoms with Crippen molar-refractivity contribution < 1.29 is 4.79 Å². The molecule has 0 aliphatic carbocycles. The number of nitrogens with one attached hydrogen (secondary N) is 1. The normalized spacial score (nSPS) is 23.7. The van der Waals surface area contributed by atoms with Crippen LogP contribution in [0.5, 0.6) is 0 Å². The van der Waals surface area contributed by atoms with E-state index in [0.717, 1.165) is 26.1 Å². The van der Waals surface area contributed by atoms with Gasteiger partial charge in [-0.05, 0) is 25.8 Å². The van der Waals surface area contributed by atoms with Crippen LogP contribution in [0.15, 0.2) is 0 Å². The van der Waals surface area contributed by atoms with Gasteiger partial charge in [0.05, 0.1) is 0 Å². The van der Waals surface area contributed by atoms with Crippen molar-refractivity contribution in [1.29, 1.82) is 0 Å². The summed E-state index contributed by atoms with van der Waals surface area (Å²) in [5.74, 6) is 0.780. The van der Waals surface area contributed by atoms with E-state index >= 15 is 0 Å². The van der Waals surface area contributed by atoms with Crippen LogP contribution in [0.2, 0.25) is 0 Å². The average molecular weight is 198 g/mol. The molecule has 0 saturated carbocycles. The van der Waals surface area contributed by atoms with Crippen molar-refractivity contribution in [1.82, 2.24) is 10.2 Å². The molecule has 1 aliphatic heterocycles. The van der Waals surface area contributed by atoms with E-state index in [2.05, 4.69) is 26.1 Å². The Morgan fingerprint density at radius 2 is 2.29 bits per heavy atom. The predicted octanol–water partition coefficient (Wildman–Crippen LogP) is 1.24. The van der Waals surface area contributed by atoms with Crippen molar-refractivity contribution in [2.45, 2.75) is 39.7 Å². The van der Waals surface area contributed by atoms with E-state index in [4.69, 9.17) is 0 Å². The first-order chi connectivity index (χ1) is 6.61. The molecule has 3 nitrogen and oxygen atoms in total. The zero-order valence-corrected chi connectivity index (χ0v) is 9.55. The fraction of sp³-hybridized carbons (Fsp3) is 0.909. The Balaban J connectivity index is 2.50. The summed E-state index contributed by atoms with van der Waals surface area (Å²) in [5, 5.41) is 3.34. The smallest absolute Gasteiger partial charge is 0.223 e. The van der Waals surface area contributed by atoms with E-state index in [0.29, 0.717) is 24.3 Å². The summed E-state index contributed by atoms with van der Waals surface area (Å²) < 4.78 is 0. The molecule has 0 aromatic rings. The minimum absolute atomic E-state index is 0.316. The van der Waals surface area contributed by atoms with E-state index in [1.807, 2.05) is 4.90 Å². The van der Waals surface area contributed by atoms with Crippen LogP contribution >= 0.6 is 0 Å². The van der Waals surface area contributed by atoms with E-state index < -0.39 is 0 Å². The Kier molecular flexibility index (Phi) is 4.39. The maximum Gasteiger partial charge on any atom is 0.223 e. The van der Waals surface area contributed by atoms with Crippen LogP contribution < -0.4 is 5.32 Å². The number of hydrogen-bond acceptors (Lipinski definition) is 2. The highest BCUT2D eigenvalue weighted by Gasteiger charge is 2.21. The Bertz CT molecular complexity index is 192. The van der Waals surface area contributed by atoms with Gasteiger partial charge in [0.2, 0.25) is 5.91 Å². The first kappa shape index (κ1) is 11.5. The molecule has 1 atom stereocenters. The lowest BCUT2D eigenvalue weighted by Crippen LogP contribution is -2.42. The van der Waals surface area contributed by atoms with E-state index in [1.165, 1.54) is 0 Å². The first-order valence-electron chi connectivity index (χ1n) is 5.61. The molecule has 1 rings (SSSR count). The second kappa shape index (κ2) is 5.35. The van der Waals surface area contributed by atoms with Crippen molar-refractivity contribution in [3.8, 4) is 0 Å². The van der Waals surface area contributed by atoms with Gasteiger partial charge in [0.1, 0.15) is 0 Å². The lowest BCUT2D eigenvalue weighted by molar-refractivity contribution is -0.133. The quantitative estimate of drug-likeness (QED) is 0.724. The second-order valence-electron chi connectivity index (χ2n) is 4.59. The van der Waals surface area contributed by atoms with Crippen molar-refractivity contribution in [3.05, 3.63) is 0 Å². The van der Waals surface area contributed by atoms with Gasteiger partial charge in [0, 0.05) is 25.6 Å². The van der Waals surface area contributed by atoms with Crippen LogP contribution in [0.4, 0.5) is 0 Å². The summed E-state index contributed by atoms with van der Waals surface area (Å²) in [7, 11) is 0. The number of nitrogens with zero attached hydrogens (tertiary/aromatic N) is 1. The van der Waals surface area contributed by atoms with Gasteiger partial charge in [-0.3, -0.25) is 4.79 Å². The number of amides is 1. The van der Waals surface area contributed by atoms with Crippen molar-refractivity contribution in [2.24, 2.45) is 5.92 Å². The molecule has 1 saturated heterocycles. The Morgan fingerprint density at radius 3 is 2.93 bits per heavy atom. The van der Waals surface area contributed by atoms with Crippen molar-refractivity contribution >= 4 is 5.91 Å². The van der Waals surface area contributed by atoms with Crippen molar-refractivity contribution in [2.75, 3.05) is 19.6 Å². The van der Waals surface area contributed by atoms with Crippen LogP contribution in [-0.4, -0.2) is 36.5 Å². The summed E-state index contributed by atoms with van der Waals surface area (Å²) >= 11 is 0. The molecule has 3 heteroatoms. The lowest BCUT2D eigenvalue weighted by Gasteiger charge is -2.27. The highest BCUT2D eigenvalue weighted by Crippen LogP contribution is 2.09. The van der Waals surface area contributed by atoms with Crippen LogP contribution in [-0.2, 0) is 4.79 Å². The maximum absolute atomic E-state index is 11.9. The van der Waals surface area contributed by atoms with Crippen molar-refractivity contribution in [3.63, 3.8) is 0 Å². The third-order valence-corrected chi connectivity index (χ3v) is 2.63. The summed E-state index contributed by atoms with van der Waals surface area (Å²) in [6.45, 7) is 9.20. The van der Waals surface area contributed by atoms with Crippen LogP contribution in [0.25, 0.3) is 0 Å². The Morgan fingerprint density at radius 1 is 1.57 bits per heavy atom. The van der Waals surface area contributed by atoms with Gasteiger partial charge in [0.15, 0.2) is 0 Å². The maximum atomic E-state index is 11.9. The summed E-state index contributed by atoms with van der Waals surface area (Å²) in [6, 6.07) is 0.351. The van der Waals surface area contributed by atoms with Gasteiger partial charge in [-0.25, -0.2) is 0 Å². The van der Waals surface area contributed by atoms with Crippen LogP contribution in [0, 0.1) is 5.92 Å². The third-order valence-electron chi connectivity index (χ3n) is 2.63. The van der Waals surface area contributed by atoms with Gasteiger partial charge in [-0.15, -0.1) is 0 Å². The number of carbonyl (C=O) groups excluding carboxylic acids is 1. The van der Waals surface area contributed by atoms with E-state index in [9.17, 15) is 4.79 Å². The molecule has 0 spiro atoms. The topological polar surface area (TPSA) is 32.3 Å². The SMILES string of the molecule is CC(C)CC(=O)N1CCCNCC1C. The molecule has 0 radical (unpaired) electrons. The molecular weight excluding hydrogens is 176 g/mol. The zero-order chi connectivity index (χ0) is 10.6. The minimum Gasteiger partial charge on any atom is -0.339 e.